The van der Waals surface area contributed by atoms with Crippen LogP contribution >= 0.6 is 0 Å². The zero-order valence-electron chi connectivity index (χ0n) is 16.8. The molecule has 1 aliphatic heterocycles. The summed E-state index contributed by atoms with van der Waals surface area (Å²) in [6.07, 6.45) is 1.52. The number of nitro groups is 1. The fourth-order valence-electron chi connectivity index (χ4n) is 3.62. The Bertz CT molecular complexity index is 1240. The quantitative estimate of drug-likeness (QED) is 0.215. The van der Waals surface area contributed by atoms with Gasteiger partial charge in [-0.1, -0.05) is 18.2 Å². The number of hydrogen-bond acceptors (Lipinski definition) is 7. The number of aliphatic hydroxyl groups excluding tert-OH is 1. The second-order valence-corrected chi connectivity index (χ2v) is 6.90. The van der Waals surface area contributed by atoms with Crippen LogP contribution in [0.1, 0.15) is 17.3 Å². The number of carbonyl (C=O) groups excluding carboxylic acids is 2. The van der Waals surface area contributed by atoms with E-state index in [1.165, 1.54) is 42.5 Å². The predicted octanol–water partition coefficient (Wildman–Crippen LogP) is 3.62. The molecule has 0 aliphatic carbocycles. The van der Waals surface area contributed by atoms with Gasteiger partial charge in [-0.2, -0.15) is 0 Å². The van der Waals surface area contributed by atoms with Gasteiger partial charge in [0.1, 0.15) is 17.6 Å². The van der Waals surface area contributed by atoms with E-state index in [0.29, 0.717) is 17.1 Å². The van der Waals surface area contributed by atoms with E-state index in [1.807, 2.05) is 0 Å². The molecule has 1 aliphatic rings. The Morgan fingerprint density at radius 2 is 1.75 bits per heavy atom. The summed E-state index contributed by atoms with van der Waals surface area (Å²) in [6.45, 7) is 0. The van der Waals surface area contributed by atoms with E-state index in [0.717, 1.165) is 0 Å². The second kappa shape index (κ2) is 8.31. The summed E-state index contributed by atoms with van der Waals surface area (Å²) in [5.41, 5.74) is 0.525. The molecular weight excluding hydrogens is 414 g/mol. The number of ether oxygens (including phenoxy) is 1. The van der Waals surface area contributed by atoms with E-state index in [-0.39, 0.29) is 16.8 Å². The molecule has 1 N–H and O–H groups in total. The van der Waals surface area contributed by atoms with Crippen LogP contribution in [0, 0.1) is 10.1 Å². The van der Waals surface area contributed by atoms with Gasteiger partial charge in [0.15, 0.2) is 0 Å². The molecule has 9 nitrogen and oxygen atoms in total. The molecule has 1 aromatic heterocycles. The van der Waals surface area contributed by atoms with Crippen LogP contribution in [0.4, 0.5) is 11.4 Å². The van der Waals surface area contributed by atoms with Crippen LogP contribution in [0.2, 0.25) is 0 Å². The smallest absolute Gasteiger partial charge is 0.300 e. The normalized spacial score (nSPS) is 17.4. The number of carbonyl (C=O) groups is 2. The molecule has 9 heteroatoms. The molecule has 0 radical (unpaired) electrons. The van der Waals surface area contributed by atoms with Crippen molar-refractivity contribution >= 4 is 28.8 Å². The monoisotopic (exact) mass is 431 g/mol. The molecule has 32 heavy (non-hydrogen) atoms. The highest BCUT2D eigenvalue weighted by molar-refractivity contribution is 6.51. The third-order valence-corrected chi connectivity index (χ3v) is 5.11. The van der Waals surface area contributed by atoms with Crippen molar-refractivity contribution in [2.75, 3.05) is 12.0 Å². The van der Waals surface area contributed by atoms with E-state index < -0.39 is 28.4 Å². The maximum Gasteiger partial charge on any atom is 0.300 e. The number of methoxy groups -OCH3 is 1. The second-order valence-electron chi connectivity index (χ2n) is 6.90. The molecule has 2 aromatic carbocycles. The fourth-order valence-corrected chi connectivity index (χ4v) is 3.62. The van der Waals surface area contributed by atoms with Gasteiger partial charge in [0.2, 0.25) is 0 Å². The van der Waals surface area contributed by atoms with Gasteiger partial charge < -0.3 is 9.84 Å². The minimum atomic E-state index is -1.03. The first-order valence-electron chi connectivity index (χ1n) is 9.53. The molecule has 0 saturated carbocycles. The van der Waals surface area contributed by atoms with Crippen LogP contribution in [0.3, 0.4) is 0 Å². The maximum atomic E-state index is 13.1. The van der Waals surface area contributed by atoms with E-state index in [9.17, 15) is 24.8 Å². The van der Waals surface area contributed by atoms with Crippen molar-refractivity contribution in [3.8, 4) is 5.75 Å². The summed E-state index contributed by atoms with van der Waals surface area (Å²) in [4.78, 5) is 42.1. The Kier molecular flexibility index (Phi) is 5.38. The number of hydrogen-bond donors (Lipinski definition) is 1. The zero-order valence-corrected chi connectivity index (χ0v) is 16.8. The van der Waals surface area contributed by atoms with Crippen LogP contribution < -0.4 is 9.64 Å². The molecule has 1 saturated heterocycles. The molecule has 4 rings (SSSR count). The number of benzene rings is 2. The minimum absolute atomic E-state index is 0.162. The van der Waals surface area contributed by atoms with E-state index in [1.54, 1.807) is 42.5 Å². The third-order valence-electron chi connectivity index (χ3n) is 5.11. The molecule has 1 atom stereocenters. The third kappa shape index (κ3) is 3.45. The lowest BCUT2D eigenvalue weighted by molar-refractivity contribution is -0.384. The van der Waals surface area contributed by atoms with Crippen LogP contribution in [-0.4, -0.2) is 33.8 Å². The van der Waals surface area contributed by atoms with Crippen molar-refractivity contribution in [3.63, 3.8) is 0 Å². The van der Waals surface area contributed by atoms with Crippen LogP contribution in [-0.2, 0) is 9.59 Å². The summed E-state index contributed by atoms with van der Waals surface area (Å²) in [7, 11) is 1.45. The van der Waals surface area contributed by atoms with Crippen LogP contribution in [0.5, 0.6) is 5.75 Å². The van der Waals surface area contributed by atoms with Gasteiger partial charge in [0.05, 0.1) is 29.0 Å². The van der Waals surface area contributed by atoms with Crippen LogP contribution in [0.15, 0.2) is 78.5 Å². The van der Waals surface area contributed by atoms with E-state index in [4.69, 9.17) is 4.74 Å². The number of pyridine rings is 1. The molecule has 1 fully saturated rings. The van der Waals surface area contributed by atoms with Gasteiger partial charge in [0, 0.05) is 23.9 Å². The lowest BCUT2D eigenvalue weighted by atomic mass is 9.98. The predicted molar refractivity (Wildman–Crippen MR) is 115 cm³/mol. The number of aliphatic hydroxyl groups is 1. The first kappa shape index (κ1) is 20.7. The Hall–Kier alpha value is -4.53. The van der Waals surface area contributed by atoms with Crippen molar-refractivity contribution < 1.29 is 24.4 Å². The first-order chi connectivity index (χ1) is 15.4. The van der Waals surface area contributed by atoms with Crippen molar-refractivity contribution in [2.24, 2.45) is 0 Å². The Balaban J connectivity index is 1.93. The maximum absolute atomic E-state index is 13.1. The molecule has 0 spiro atoms. The highest BCUT2D eigenvalue weighted by atomic mass is 16.6. The number of aromatic nitrogens is 1. The lowest BCUT2D eigenvalue weighted by Crippen LogP contribution is -2.30. The van der Waals surface area contributed by atoms with Crippen molar-refractivity contribution in [2.45, 2.75) is 6.04 Å². The van der Waals surface area contributed by atoms with E-state index in [2.05, 4.69) is 4.98 Å². The molecule has 2 heterocycles. The fraction of sp³-hybridized carbons (Fsp3) is 0.0870. The molecule has 3 aromatic rings. The summed E-state index contributed by atoms with van der Waals surface area (Å²) in [5.74, 6) is -1.84. The van der Waals surface area contributed by atoms with Gasteiger partial charge in [-0.05, 0) is 36.4 Å². The largest absolute Gasteiger partial charge is 0.507 e. The van der Waals surface area contributed by atoms with Gasteiger partial charge in [-0.25, -0.2) is 0 Å². The van der Waals surface area contributed by atoms with Gasteiger partial charge in [-0.15, -0.1) is 0 Å². The summed E-state index contributed by atoms with van der Waals surface area (Å²) >= 11 is 0. The number of Topliss-reactive ketones (excluding diaryl/α,β-unsaturated/α-hetero) is 1. The van der Waals surface area contributed by atoms with Crippen molar-refractivity contribution in [1.82, 2.24) is 4.98 Å². The van der Waals surface area contributed by atoms with E-state index >= 15 is 0 Å². The van der Waals surface area contributed by atoms with Crippen molar-refractivity contribution in [1.29, 1.82) is 0 Å². The van der Waals surface area contributed by atoms with Crippen molar-refractivity contribution in [3.05, 3.63) is 99.9 Å². The summed E-state index contributed by atoms with van der Waals surface area (Å²) in [5, 5.41) is 21.9. The molecule has 0 bridgehead atoms. The average molecular weight is 431 g/mol. The molecule has 1 amide bonds. The highest BCUT2D eigenvalue weighted by Gasteiger charge is 2.48. The number of para-hydroxylation sites is 2. The number of rotatable bonds is 5. The first-order valence-corrected chi connectivity index (χ1v) is 9.53. The highest BCUT2D eigenvalue weighted by Crippen LogP contribution is 2.44. The lowest BCUT2D eigenvalue weighted by Gasteiger charge is -2.25. The topological polar surface area (TPSA) is 123 Å². The summed E-state index contributed by atoms with van der Waals surface area (Å²) < 4.78 is 5.37. The average Bonchev–Trinajstić information content (AvgIpc) is 3.09. The minimum Gasteiger partial charge on any atom is -0.507 e. The molecule has 160 valence electrons. The standard InChI is InChI=1S/C23H17N3O6/c1-32-18-8-3-2-7-17(18)25-20(16-6-4-5-13-24-16)19(22(28)23(25)29)21(27)14-9-11-15(12-10-14)26(30)31/h2-13,20,27H,1H3/b21-19-. The number of nitrogens with zero attached hydrogens (tertiary/aromatic N) is 3. The molecule has 1 unspecified atom stereocenters. The van der Waals surface area contributed by atoms with Gasteiger partial charge in [-0.3, -0.25) is 29.6 Å². The summed E-state index contributed by atoms with van der Waals surface area (Å²) in [6, 6.07) is 15.8. The number of anilines is 1. The SMILES string of the molecule is COc1ccccc1N1C(=O)C(=O)/C(=C(\O)c2ccc([N+](=O)[O-])cc2)C1c1ccccn1. The zero-order chi connectivity index (χ0) is 22.8. The van der Waals surface area contributed by atoms with Crippen LogP contribution in [0.25, 0.3) is 5.76 Å². The number of nitro benzene ring substituents is 1. The number of amides is 1. The Labute approximate surface area is 182 Å². The number of ketones is 1. The van der Waals surface area contributed by atoms with Gasteiger partial charge in [0.25, 0.3) is 17.4 Å². The number of non-ortho nitro benzene ring substituents is 1. The van der Waals surface area contributed by atoms with Gasteiger partial charge >= 0.3 is 0 Å². The molecular formula is C23H17N3O6. The Morgan fingerprint density at radius 3 is 2.38 bits per heavy atom. The Morgan fingerprint density at radius 1 is 1.06 bits per heavy atom.